The average molecular weight is 232 g/mol. The maximum atomic E-state index is 12.3. The Bertz CT molecular complexity index is 447. The molecular weight excluding hydrogens is 216 g/mol. The molecule has 2 heterocycles. The maximum absolute atomic E-state index is 12.3. The van der Waals surface area contributed by atoms with Crippen molar-refractivity contribution in [3.63, 3.8) is 0 Å². The average Bonchev–Trinajstić information content (AvgIpc) is 2.90. The topological polar surface area (TPSA) is 52.6 Å². The van der Waals surface area contributed by atoms with Gasteiger partial charge in [0.25, 0.3) is 5.91 Å². The Kier molecular flexibility index (Phi) is 2.52. The third-order valence-corrected chi connectivity index (χ3v) is 3.84. The number of carbonyl (C=O) groups is 1. The second kappa shape index (κ2) is 4.04. The first-order valence-corrected chi connectivity index (χ1v) is 6.07. The summed E-state index contributed by atoms with van der Waals surface area (Å²) in [7, 11) is 0. The van der Waals surface area contributed by atoms with Gasteiger partial charge in [0.15, 0.2) is 0 Å². The summed E-state index contributed by atoms with van der Waals surface area (Å²) in [4.78, 5) is 14.3. The van der Waals surface area contributed by atoms with Gasteiger partial charge in [-0.2, -0.15) is 0 Å². The third-order valence-electron chi connectivity index (χ3n) is 3.84. The van der Waals surface area contributed by atoms with Crippen LogP contribution in [0.5, 0.6) is 5.75 Å². The lowest BCUT2D eigenvalue weighted by Crippen LogP contribution is -2.39. The zero-order valence-corrected chi connectivity index (χ0v) is 9.60. The highest BCUT2D eigenvalue weighted by Crippen LogP contribution is 2.30. The third kappa shape index (κ3) is 1.69. The molecule has 3 rings (SSSR count). The molecule has 4 heteroatoms. The van der Waals surface area contributed by atoms with Crippen LogP contribution in [0, 0.1) is 5.92 Å². The van der Waals surface area contributed by atoms with E-state index in [0.29, 0.717) is 17.5 Å². The van der Waals surface area contributed by atoms with Crippen molar-refractivity contribution >= 4 is 5.91 Å². The van der Waals surface area contributed by atoms with E-state index in [4.69, 9.17) is 0 Å². The minimum atomic E-state index is -0.0423. The lowest BCUT2D eigenvalue weighted by Gasteiger charge is -2.23. The molecule has 2 saturated heterocycles. The van der Waals surface area contributed by atoms with Gasteiger partial charge in [0, 0.05) is 25.7 Å². The van der Waals surface area contributed by atoms with Crippen molar-refractivity contribution in [1.82, 2.24) is 10.2 Å². The molecule has 1 aromatic carbocycles. The van der Waals surface area contributed by atoms with E-state index in [1.165, 1.54) is 0 Å². The summed E-state index contributed by atoms with van der Waals surface area (Å²) in [6.45, 7) is 2.70. The summed E-state index contributed by atoms with van der Waals surface area (Å²) < 4.78 is 0. The van der Waals surface area contributed by atoms with Crippen molar-refractivity contribution < 1.29 is 9.90 Å². The lowest BCUT2D eigenvalue weighted by atomic mass is 10.0. The van der Waals surface area contributed by atoms with Crippen LogP contribution in [0.1, 0.15) is 16.8 Å². The fraction of sp³-hybridized carbons (Fsp3) is 0.462. The number of para-hydroxylation sites is 1. The van der Waals surface area contributed by atoms with Crippen LogP contribution in [0.4, 0.5) is 0 Å². The summed E-state index contributed by atoms with van der Waals surface area (Å²) in [5, 5.41) is 13.0. The van der Waals surface area contributed by atoms with Gasteiger partial charge < -0.3 is 15.3 Å². The molecule has 0 bridgehead atoms. The van der Waals surface area contributed by atoms with E-state index in [0.717, 1.165) is 26.1 Å². The number of carbonyl (C=O) groups excluding carboxylic acids is 1. The molecular formula is C13H16N2O2. The van der Waals surface area contributed by atoms with Crippen molar-refractivity contribution in [3.8, 4) is 5.75 Å². The predicted octanol–water partition coefficient (Wildman–Crippen LogP) is 0.826. The number of hydrogen-bond acceptors (Lipinski definition) is 3. The van der Waals surface area contributed by atoms with Gasteiger partial charge >= 0.3 is 0 Å². The molecule has 2 N–H and O–H groups in total. The molecule has 2 aliphatic rings. The first-order valence-electron chi connectivity index (χ1n) is 6.07. The predicted molar refractivity (Wildman–Crippen MR) is 63.9 cm³/mol. The highest BCUT2D eigenvalue weighted by Gasteiger charge is 2.40. The van der Waals surface area contributed by atoms with Crippen LogP contribution in [-0.4, -0.2) is 41.6 Å². The number of nitrogens with zero attached hydrogens (tertiary/aromatic N) is 1. The fourth-order valence-corrected chi connectivity index (χ4v) is 2.91. The van der Waals surface area contributed by atoms with E-state index < -0.39 is 0 Å². The number of phenolic OH excluding ortho intramolecular Hbond substituents is 1. The van der Waals surface area contributed by atoms with E-state index in [1.807, 2.05) is 4.90 Å². The molecule has 2 aliphatic heterocycles. The van der Waals surface area contributed by atoms with Crippen molar-refractivity contribution in [2.45, 2.75) is 12.5 Å². The van der Waals surface area contributed by atoms with E-state index in [9.17, 15) is 9.90 Å². The Balaban J connectivity index is 1.85. The zero-order chi connectivity index (χ0) is 11.8. The standard InChI is InChI=1S/C13H16N2O2/c16-12-4-2-1-3-10(12)13(17)15-6-5-9-7-14-8-11(9)15/h1-4,9,11,14,16H,5-8H2/t9-,11+/m0/s1. The maximum Gasteiger partial charge on any atom is 0.257 e. The van der Waals surface area contributed by atoms with Gasteiger partial charge in [-0.1, -0.05) is 12.1 Å². The molecule has 2 fully saturated rings. The van der Waals surface area contributed by atoms with E-state index in [2.05, 4.69) is 5.32 Å². The van der Waals surface area contributed by atoms with Crippen LogP contribution < -0.4 is 5.32 Å². The summed E-state index contributed by atoms with van der Waals surface area (Å²) >= 11 is 0. The van der Waals surface area contributed by atoms with Crippen molar-refractivity contribution in [3.05, 3.63) is 29.8 Å². The van der Waals surface area contributed by atoms with Gasteiger partial charge in [-0.25, -0.2) is 0 Å². The molecule has 1 amide bonds. The molecule has 0 saturated carbocycles. The van der Waals surface area contributed by atoms with Gasteiger partial charge in [0.05, 0.1) is 5.56 Å². The lowest BCUT2D eigenvalue weighted by molar-refractivity contribution is 0.0734. The molecule has 90 valence electrons. The quantitative estimate of drug-likeness (QED) is 0.754. The van der Waals surface area contributed by atoms with Crippen LogP contribution in [0.15, 0.2) is 24.3 Å². The van der Waals surface area contributed by atoms with Crippen LogP contribution in [0.3, 0.4) is 0 Å². The first kappa shape index (κ1) is 10.6. The Morgan fingerprint density at radius 3 is 3.00 bits per heavy atom. The van der Waals surface area contributed by atoms with Crippen molar-refractivity contribution in [1.29, 1.82) is 0 Å². The molecule has 0 spiro atoms. The number of aromatic hydroxyl groups is 1. The minimum Gasteiger partial charge on any atom is -0.507 e. The van der Waals surface area contributed by atoms with Crippen LogP contribution in [-0.2, 0) is 0 Å². The van der Waals surface area contributed by atoms with Gasteiger partial charge in [0.2, 0.25) is 0 Å². The van der Waals surface area contributed by atoms with Crippen molar-refractivity contribution in [2.24, 2.45) is 5.92 Å². The monoisotopic (exact) mass is 232 g/mol. The number of hydrogen-bond donors (Lipinski definition) is 2. The number of amides is 1. The Hall–Kier alpha value is -1.55. The summed E-state index contributed by atoms with van der Waals surface area (Å²) in [6, 6.07) is 7.08. The number of benzene rings is 1. The second-order valence-electron chi connectivity index (χ2n) is 4.79. The Morgan fingerprint density at radius 2 is 2.18 bits per heavy atom. The Labute approximate surface area is 100 Å². The molecule has 2 atom stereocenters. The highest BCUT2D eigenvalue weighted by molar-refractivity contribution is 5.97. The number of nitrogens with one attached hydrogen (secondary N) is 1. The van der Waals surface area contributed by atoms with Crippen LogP contribution >= 0.6 is 0 Å². The normalized spacial score (nSPS) is 27.2. The minimum absolute atomic E-state index is 0.0423. The number of rotatable bonds is 1. The van der Waals surface area contributed by atoms with Crippen LogP contribution in [0.25, 0.3) is 0 Å². The summed E-state index contributed by atoms with van der Waals surface area (Å²) in [6.07, 6.45) is 1.07. The first-order chi connectivity index (χ1) is 8.27. The number of fused-ring (bicyclic) bond motifs is 1. The number of likely N-dealkylation sites (tertiary alicyclic amines) is 1. The van der Waals surface area contributed by atoms with E-state index in [-0.39, 0.29) is 11.7 Å². The number of phenols is 1. The van der Waals surface area contributed by atoms with Crippen molar-refractivity contribution in [2.75, 3.05) is 19.6 Å². The van der Waals surface area contributed by atoms with Gasteiger partial charge in [-0.15, -0.1) is 0 Å². The van der Waals surface area contributed by atoms with Gasteiger partial charge in [-0.05, 0) is 24.5 Å². The SMILES string of the molecule is O=C(c1ccccc1O)N1CC[C@H]2CNC[C@H]21. The smallest absolute Gasteiger partial charge is 0.257 e. The molecule has 0 aliphatic carbocycles. The second-order valence-corrected chi connectivity index (χ2v) is 4.79. The molecule has 0 unspecified atom stereocenters. The summed E-state index contributed by atoms with van der Waals surface area (Å²) in [5.74, 6) is 0.621. The molecule has 0 radical (unpaired) electrons. The van der Waals surface area contributed by atoms with E-state index in [1.54, 1.807) is 24.3 Å². The summed E-state index contributed by atoms with van der Waals surface area (Å²) in [5.41, 5.74) is 0.417. The Morgan fingerprint density at radius 1 is 1.35 bits per heavy atom. The highest BCUT2D eigenvalue weighted by atomic mass is 16.3. The zero-order valence-electron chi connectivity index (χ0n) is 9.60. The molecule has 0 aromatic heterocycles. The van der Waals surface area contributed by atoms with Gasteiger partial charge in [-0.3, -0.25) is 4.79 Å². The van der Waals surface area contributed by atoms with Crippen LogP contribution in [0.2, 0.25) is 0 Å². The molecule has 4 nitrogen and oxygen atoms in total. The molecule has 1 aromatic rings. The largest absolute Gasteiger partial charge is 0.507 e. The van der Waals surface area contributed by atoms with E-state index >= 15 is 0 Å². The fourth-order valence-electron chi connectivity index (χ4n) is 2.91. The molecule has 17 heavy (non-hydrogen) atoms. The van der Waals surface area contributed by atoms with Gasteiger partial charge in [0.1, 0.15) is 5.75 Å².